The van der Waals surface area contributed by atoms with Gasteiger partial charge < -0.3 is 14.5 Å². The quantitative estimate of drug-likeness (QED) is 0.790. The second-order valence-corrected chi connectivity index (χ2v) is 6.69. The lowest BCUT2D eigenvalue weighted by Crippen LogP contribution is -2.29. The Labute approximate surface area is 121 Å². The molecule has 0 saturated heterocycles. The number of rotatable bonds is 2. The van der Waals surface area contributed by atoms with Crippen LogP contribution in [0.1, 0.15) is 0 Å². The van der Waals surface area contributed by atoms with Crippen molar-refractivity contribution >= 4 is 20.7 Å². The van der Waals surface area contributed by atoms with Gasteiger partial charge in [-0.15, -0.1) is 0 Å². The van der Waals surface area contributed by atoms with E-state index in [1.807, 2.05) is 6.07 Å². The summed E-state index contributed by atoms with van der Waals surface area (Å²) >= 11 is 0. The Hall–Kier alpha value is -2.47. The minimum atomic E-state index is -3.70. The predicted molar refractivity (Wildman–Crippen MR) is 77.0 cm³/mol. The third-order valence-electron chi connectivity index (χ3n) is 3.39. The van der Waals surface area contributed by atoms with E-state index in [1.54, 1.807) is 36.5 Å². The van der Waals surface area contributed by atoms with Gasteiger partial charge >= 0.3 is 5.62 Å². The smallest absolute Gasteiger partial charge is 0.350 e. The summed E-state index contributed by atoms with van der Waals surface area (Å²) in [5.41, 5.74) is -0.475. The summed E-state index contributed by atoms with van der Waals surface area (Å²) in [4.78, 5) is 3.22. The number of fused-ring (bicyclic) bond motifs is 2. The lowest BCUT2D eigenvalue weighted by atomic mass is 10.2. The van der Waals surface area contributed by atoms with E-state index in [0.29, 0.717) is 11.5 Å². The van der Waals surface area contributed by atoms with Crippen LogP contribution in [0.3, 0.4) is 0 Å². The topological polar surface area (TPSA) is 68.4 Å². The maximum atomic E-state index is 12.5. The van der Waals surface area contributed by atoms with Crippen LogP contribution in [-0.4, -0.2) is 19.0 Å². The molecule has 0 aliphatic carbocycles. The van der Waals surface area contributed by atoms with Crippen LogP contribution in [0, 0.1) is 0 Å². The number of H-pyrrole nitrogens is 1. The van der Waals surface area contributed by atoms with Crippen LogP contribution < -0.4 is 9.47 Å². The van der Waals surface area contributed by atoms with Gasteiger partial charge in [0, 0.05) is 23.2 Å². The van der Waals surface area contributed by atoms with Crippen LogP contribution >= 0.6 is 0 Å². The number of hydrogen-bond acceptors (Lipinski definition) is 4. The largest absolute Gasteiger partial charge is 0.438 e. The van der Waals surface area contributed by atoms with Gasteiger partial charge in [-0.2, -0.15) is 0 Å². The monoisotopic (exact) mass is 301 g/mol. The molecule has 1 N–H and O–H groups in total. The third-order valence-corrected chi connectivity index (χ3v) is 5.02. The maximum Gasteiger partial charge on any atom is 0.350 e. The first-order valence-electron chi connectivity index (χ1n) is 6.38. The molecule has 2 aromatic carbocycles. The molecule has 106 valence electrons. The van der Waals surface area contributed by atoms with Crippen molar-refractivity contribution in [3.63, 3.8) is 0 Å². The zero-order valence-electron chi connectivity index (χ0n) is 10.8. The molecule has 21 heavy (non-hydrogen) atoms. The Morgan fingerprint density at radius 1 is 0.952 bits per heavy atom. The van der Waals surface area contributed by atoms with Crippen LogP contribution in [0.5, 0.6) is 11.5 Å². The van der Waals surface area contributed by atoms with Gasteiger partial charge in [0.25, 0.3) is 9.84 Å². The minimum Gasteiger partial charge on any atom is -0.438 e. The summed E-state index contributed by atoms with van der Waals surface area (Å²) in [5.74, 6) is 0.862. The van der Waals surface area contributed by atoms with Crippen LogP contribution in [0.2, 0.25) is 0 Å². The molecule has 0 bridgehead atoms. The standard InChI is InChI=1S/C15H11NO4S/c17-21(18,11-4-2-1-3-5-11)15-19-13-8-10-6-7-16-12(10)9-14(13)20-15/h1-9,15-16H. The van der Waals surface area contributed by atoms with E-state index in [1.165, 1.54) is 12.1 Å². The maximum absolute atomic E-state index is 12.5. The molecule has 5 nitrogen and oxygen atoms in total. The molecule has 0 amide bonds. The fourth-order valence-corrected chi connectivity index (χ4v) is 3.54. The number of hydrogen-bond donors (Lipinski definition) is 1. The first kappa shape index (κ1) is 12.3. The first-order chi connectivity index (χ1) is 10.1. The fourth-order valence-electron chi connectivity index (χ4n) is 2.32. The first-order valence-corrected chi connectivity index (χ1v) is 7.93. The molecule has 1 aliphatic heterocycles. The fraction of sp³-hybridized carbons (Fsp3) is 0.0667. The molecule has 1 unspecified atom stereocenters. The molecule has 0 fully saturated rings. The molecule has 0 saturated carbocycles. The summed E-state index contributed by atoms with van der Waals surface area (Å²) in [5, 5.41) is 0.940. The van der Waals surface area contributed by atoms with Crippen molar-refractivity contribution < 1.29 is 17.9 Å². The highest BCUT2D eigenvalue weighted by atomic mass is 32.2. The SMILES string of the molecule is O=S(=O)(c1ccccc1)C1Oc2cc3cc[nH]c3cc2O1. The van der Waals surface area contributed by atoms with Crippen molar-refractivity contribution in [1.82, 2.24) is 4.98 Å². The van der Waals surface area contributed by atoms with Crippen molar-refractivity contribution in [2.24, 2.45) is 0 Å². The van der Waals surface area contributed by atoms with Crippen LogP contribution in [0.25, 0.3) is 10.9 Å². The molecule has 1 atom stereocenters. The van der Waals surface area contributed by atoms with E-state index < -0.39 is 15.5 Å². The Bertz CT molecular complexity index is 875. The van der Waals surface area contributed by atoms with Crippen molar-refractivity contribution in [2.45, 2.75) is 10.5 Å². The van der Waals surface area contributed by atoms with E-state index in [-0.39, 0.29) is 4.90 Å². The van der Waals surface area contributed by atoms with Gasteiger partial charge in [0.15, 0.2) is 11.5 Å². The Morgan fingerprint density at radius 2 is 1.67 bits per heavy atom. The normalized spacial score (nSPS) is 17.2. The summed E-state index contributed by atoms with van der Waals surface area (Å²) < 4.78 is 35.9. The van der Waals surface area contributed by atoms with Gasteiger partial charge in [0.05, 0.1) is 4.90 Å². The molecule has 0 spiro atoms. The molecular formula is C15H11NO4S. The lowest BCUT2D eigenvalue weighted by molar-refractivity contribution is 0.124. The highest BCUT2D eigenvalue weighted by Gasteiger charge is 2.37. The van der Waals surface area contributed by atoms with E-state index >= 15 is 0 Å². The zero-order chi connectivity index (χ0) is 14.4. The van der Waals surface area contributed by atoms with Gasteiger partial charge in [-0.3, -0.25) is 0 Å². The van der Waals surface area contributed by atoms with Crippen molar-refractivity contribution in [3.8, 4) is 11.5 Å². The number of aromatic nitrogens is 1. The number of nitrogens with one attached hydrogen (secondary N) is 1. The van der Waals surface area contributed by atoms with Gasteiger partial charge in [-0.05, 0) is 24.3 Å². The second-order valence-electron chi connectivity index (χ2n) is 4.75. The van der Waals surface area contributed by atoms with Gasteiger partial charge in [0.1, 0.15) is 0 Å². The zero-order valence-corrected chi connectivity index (χ0v) is 11.6. The lowest BCUT2D eigenvalue weighted by Gasteiger charge is -2.11. The van der Waals surface area contributed by atoms with Gasteiger partial charge in [0.2, 0.25) is 0 Å². The molecule has 0 radical (unpaired) electrons. The summed E-state index contributed by atoms with van der Waals surface area (Å²) in [7, 11) is -3.70. The minimum absolute atomic E-state index is 0.174. The summed E-state index contributed by atoms with van der Waals surface area (Å²) in [6.07, 6.45) is 1.80. The van der Waals surface area contributed by atoms with E-state index in [0.717, 1.165) is 10.9 Å². The number of sulfone groups is 1. The van der Waals surface area contributed by atoms with Gasteiger partial charge in [-0.1, -0.05) is 18.2 Å². The molecule has 1 aromatic heterocycles. The predicted octanol–water partition coefficient (Wildman–Crippen LogP) is 2.70. The second kappa shape index (κ2) is 4.26. The van der Waals surface area contributed by atoms with Crippen molar-refractivity contribution in [1.29, 1.82) is 0 Å². The molecule has 2 heterocycles. The number of benzene rings is 2. The highest BCUT2D eigenvalue weighted by molar-refractivity contribution is 7.91. The van der Waals surface area contributed by atoms with Crippen molar-refractivity contribution in [2.75, 3.05) is 0 Å². The van der Waals surface area contributed by atoms with Crippen LogP contribution in [0.4, 0.5) is 0 Å². The summed E-state index contributed by atoms with van der Waals surface area (Å²) in [6, 6.07) is 13.5. The Morgan fingerprint density at radius 3 is 2.43 bits per heavy atom. The Kier molecular flexibility index (Phi) is 2.49. The Balaban J connectivity index is 1.73. The van der Waals surface area contributed by atoms with E-state index in [9.17, 15) is 8.42 Å². The average Bonchev–Trinajstić information content (AvgIpc) is 3.11. The van der Waals surface area contributed by atoms with Crippen LogP contribution in [-0.2, 0) is 9.84 Å². The molecule has 6 heteroatoms. The molecule has 3 aromatic rings. The average molecular weight is 301 g/mol. The van der Waals surface area contributed by atoms with E-state index in [2.05, 4.69) is 4.98 Å². The molecular weight excluding hydrogens is 290 g/mol. The molecule has 1 aliphatic rings. The van der Waals surface area contributed by atoms with Crippen LogP contribution in [0.15, 0.2) is 59.6 Å². The van der Waals surface area contributed by atoms with Gasteiger partial charge in [-0.25, -0.2) is 8.42 Å². The van der Waals surface area contributed by atoms with E-state index in [4.69, 9.17) is 9.47 Å². The molecule has 4 rings (SSSR count). The highest BCUT2D eigenvalue weighted by Crippen LogP contribution is 2.40. The number of aromatic amines is 1. The summed E-state index contributed by atoms with van der Waals surface area (Å²) in [6.45, 7) is 0. The van der Waals surface area contributed by atoms with Crippen molar-refractivity contribution in [3.05, 3.63) is 54.7 Å². The number of ether oxygens (including phenoxy) is 2. The third kappa shape index (κ3) is 1.87.